The fraction of sp³-hybridized carbons (Fsp3) is 0.550. The third-order valence-corrected chi connectivity index (χ3v) is 8.08. The first-order valence-corrected chi connectivity index (χ1v) is 11.8. The minimum Gasteiger partial charge on any atom is -0.383 e. The van der Waals surface area contributed by atoms with Crippen LogP contribution in [0.15, 0.2) is 35.7 Å². The first-order chi connectivity index (χ1) is 13.7. The van der Waals surface area contributed by atoms with Gasteiger partial charge in [0.15, 0.2) is 0 Å². The minimum atomic E-state index is -3.99. The Morgan fingerprint density at radius 3 is 2.52 bits per heavy atom. The van der Waals surface area contributed by atoms with Crippen LogP contribution in [0.4, 0.5) is 0 Å². The highest BCUT2D eigenvalue weighted by molar-refractivity contribution is 7.89. The van der Waals surface area contributed by atoms with Crippen LogP contribution in [-0.4, -0.2) is 61.9 Å². The predicted molar refractivity (Wildman–Crippen MR) is 114 cm³/mol. The van der Waals surface area contributed by atoms with Crippen LogP contribution >= 0.6 is 23.2 Å². The van der Waals surface area contributed by atoms with Gasteiger partial charge in [0, 0.05) is 35.7 Å². The highest BCUT2D eigenvalue weighted by Crippen LogP contribution is 2.38. The Labute approximate surface area is 182 Å². The molecule has 0 saturated carbocycles. The van der Waals surface area contributed by atoms with Crippen molar-refractivity contribution in [3.8, 4) is 0 Å². The van der Waals surface area contributed by atoms with Crippen LogP contribution in [-0.2, 0) is 19.6 Å². The number of benzene rings is 1. The second-order valence-corrected chi connectivity index (χ2v) is 10.4. The van der Waals surface area contributed by atoms with Gasteiger partial charge in [-0.2, -0.15) is 4.31 Å². The number of hydrogen-bond acceptors (Lipinski definition) is 4. The van der Waals surface area contributed by atoms with Crippen molar-refractivity contribution < 1.29 is 17.9 Å². The fourth-order valence-electron chi connectivity index (χ4n) is 4.38. The molecule has 2 aliphatic rings. The van der Waals surface area contributed by atoms with Crippen LogP contribution in [0.5, 0.6) is 0 Å². The molecule has 6 nitrogen and oxygen atoms in total. The Balaban J connectivity index is 2.10. The van der Waals surface area contributed by atoms with E-state index in [2.05, 4.69) is 6.58 Å². The van der Waals surface area contributed by atoms with E-state index >= 15 is 0 Å². The lowest BCUT2D eigenvalue weighted by molar-refractivity contribution is -0.138. The molecule has 4 atom stereocenters. The molecular weight excluding hydrogens is 435 g/mol. The van der Waals surface area contributed by atoms with Gasteiger partial charge in [0.1, 0.15) is 6.04 Å². The van der Waals surface area contributed by atoms with Gasteiger partial charge in [-0.1, -0.05) is 29.3 Å². The molecule has 160 valence electrons. The van der Waals surface area contributed by atoms with Gasteiger partial charge in [0.25, 0.3) is 0 Å². The van der Waals surface area contributed by atoms with Gasteiger partial charge in [0.2, 0.25) is 15.9 Å². The molecule has 0 unspecified atom stereocenters. The maximum Gasteiger partial charge on any atom is 0.244 e. The summed E-state index contributed by atoms with van der Waals surface area (Å²) in [6, 6.07) is 2.96. The summed E-state index contributed by atoms with van der Waals surface area (Å²) in [7, 11) is -2.40. The molecule has 0 aliphatic carbocycles. The van der Waals surface area contributed by atoms with Crippen LogP contribution in [0.2, 0.25) is 10.0 Å². The summed E-state index contributed by atoms with van der Waals surface area (Å²) in [6.45, 7) is 6.62. The van der Waals surface area contributed by atoms with Crippen molar-refractivity contribution in [1.29, 1.82) is 0 Å². The highest BCUT2D eigenvalue weighted by atomic mass is 35.5. The molecule has 29 heavy (non-hydrogen) atoms. The molecule has 1 amide bonds. The summed E-state index contributed by atoms with van der Waals surface area (Å²) in [6.07, 6.45) is 3.68. The Kier molecular flexibility index (Phi) is 6.95. The minimum absolute atomic E-state index is 0.000835. The Bertz CT molecular complexity index is 872. The number of nitrogens with zero attached hydrogens (tertiary/aromatic N) is 2. The number of halogens is 2. The van der Waals surface area contributed by atoms with Gasteiger partial charge in [-0.05, 0) is 44.4 Å². The maximum atomic E-state index is 13.6. The van der Waals surface area contributed by atoms with Crippen molar-refractivity contribution in [3.05, 3.63) is 40.9 Å². The quantitative estimate of drug-likeness (QED) is 0.608. The van der Waals surface area contributed by atoms with E-state index in [4.69, 9.17) is 27.9 Å². The average molecular weight is 461 g/mol. The van der Waals surface area contributed by atoms with E-state index in [9.17, 15) is 13.2 Å². The van der Waals surface area contributed by atoms with E-state index < -0.39 is 16.1 Å². The highest BCUT2D eigenvalue weighted by Gasteiger charge is 2.50. The number of methoxy groups -OCH3 is 1. The summed E-state index contributed by atoms with van der Waals surface area (Å²) >= 11 is 12.1. The van der Waals surface area contributed by atoms with E-state index in [0.29, 0.717) is 26.0 Å². The lowest BCUT2D eigenvalue weighted by Gasteiger charge is -2.40. The summed E-state index contributed by atoms with van der Waals surface area (Å²) < 4.78 is 33.9. The van der Waals surface area contributed by atoms with Gasteiger partial charge in [0.05, 0.1) is 17.5 Å². The molecule has 1 aromatic carbocycles. The first kappa shape index (κ1) is 22.6. The summed E-state index contributed by atoms with van der Waals surface area (Å²) in [5.41, 5.74) is 0. The molecule has 0 spiro atoms. The second kappa shape index (κ2) is 8.94. The number of rotatable bonds is 6. The average Bonchev–Trinajstić information content (AvgIpc) is 2.73. The van der Waals surface area contributed by atoms with E-state index in [0.717, 1.165) is 6.42 Å². The van der Waals surface area contributed by atoms with E-state index in [-0.39, 0.29) is 38.8 Å². The fourth-order valence-corrected chi connectivity index (χ4v) is 6.98. The smallest absolute Gasteiger partial charge is 0.244 e. The molecule has 2 bridgehead atoms. The molecule has 2 saturated heterocycles. The summed E-state index contributed by atoms with van der Waals surface area (Å²) in [5.74, 6) is -0.381. The monoisotopic (exact) mass is 460 g/mol. The molecule has 0 radical (unpaired) electrons. The normalized spacial score (nSPS) is 26.8. The van der Waals surface area contributed by atoms with Crippen LogP contribution in [0, 0.1) is 5.92 Å². The van der Waals surface area contributed by atoms with Crippen molar-refractivity contribution in [2.45, 2.75) is 49.2 Å². The zero-order valence-corrected chi connectivity index (χ0v) is 18.9. The Morgan fingerprint density at radius 2 is 1.93 bits per heavy atom. The molecule has 3 rings (SSSR count). The van der Waals surface area contributed by atoms with Gasteiger partial charge in [-0.3, -0.25) is 4.79 Å². The van der Waals surface area contributed by atoms with Crippen molar-refractivity contribution in [1.82, 2.24) is 9.21 Å². The number of hydrogen-bond donors (Lipinski definition) is 0. The molecule has 2 aliphatic heterocycles. The standard InChI is InChI=1S/C20H26Cl2N2O4S/c1-4-14-11-23(13(2)12-28-3)20(25)19-7-5-6-18(14)24(19)29(26,27)17-9-15(21)8-16(22)10-17/h4,8-10,13-14,18-19H,1,5-7,11-12H2,2-3H3/t13-,14-,18+,19-/m0/s1. The lowest BCUT2D eigenvalue weighted by Crippen LogP contribution is -2.55. The number of amides is 1. The zero-order chi connectivity index (χ0) is 21.3. The molecule has 0 N–H and O–H groups in total. The Morgan fingerprint density at radius 1 is 1.28 bits per heavy atom. The van der Waals surface area contributed by atoms with Crippen LogP contribution in [0.3, 0.4) is 0 Å². The second-order valence-electron chi connectivity index (χ2n) is 7.65. The zero-order valence-electron chi connectivity index (χ0n) is 16.6. The topological polar surface area (TPSA) is 66.9 Å². The molecular formula is C20H26Cl2N2O4S. The number of sulfonamides is 1. The molecule has 1 aromatic rings. The molecule has 2 heterocycles. The van der Waals surface area contributed by atoms with Gasteiger partial charge < -0.3 is 9.64 Å². The van der Waals surface area contributed by atoms with Crippen LogP contribution < -0.4 is 0 Å². The van der Waals surface area contributed by atoms with Gasteiger partial charge in [-0.15, -0.1) is 6.58 Å². The number of carbonyl (C=O) groups is 1. The van der Waals surface area contributed by atoms with Crippen molar-refractivity contribution >= 4 is 39.1 Å². The van der Waals surface area contributed by atoms with Crippen molar-refractivity contribution in [2.24, 2.45) is 5.92 Å². The number of ether oxygens (including phenoxy) is 1. The van der Waals surface area contributed by atoms with Crippen LogP contribution in [0.1, 0.15) is 26.2 Å². The number of piperidine rings is 1. The summed E-state index contributed by atoms with van der Waals surface area (Å²) in [4.78, 5) is 15.2. The van der Waals surface area contributed by atoms with E-state index in [1.807, 2.05) is 6.92 Å². The third kappa shape index (κ3) is 4.35. The third-order valence-electron chi connectivity index (χ3n) is 5.74. The van der Waals surface area contributed by atoms with Crippen molar-refractivity contribution in [3.63, 3.8) is 0 Å². The van der Waals surface area contributed by atoms with E-state index in [1.165, 1.54) is 22.5 Å². The molecule has 2 fully saturated rings. The predicted octanol–water partition coefficient (Wildman–Crippen LogP) is 3.58. The Hall–Kier alpha value is -1.12. The largest absolute Gasteiger partial charge is 0.383 e. The van der Waals surface area contributed by atoms with Gasteiger partial charge >= 0.3 is 0 Å². The lowest BCUT2D eigenvalue weighted by atomic mass is 9.90. The first-order valence-electron chi connectivity index (χ1n) is 9.62. The summed E-state index contributed by atoms with van der Waals surface area (Å²) in [5, 5.41) is 0.469. The van der Waals surface area contributed by atoms with Crippen molar-refractivity contribution in [2.75, 3.05) is 20.3 Å². The SMILES string of the molecule is C=C[C@H]1CN([C@@H](C)COC)C(=O)[C@@H]2CCC[C@H]1N2S(=O)(=O)c1cc(Cl)cc(Cl)c1. The molecule has 9 heteroatoms. The molecule has 0 aromatic heterocycles. The van der Waals surface area contributed by atoms with Gasteiger partial charge in [-0.25, -0.2) is 8.42 Å². The maximum absolute atomic E-state index is 13.6. The van der Waals surface area contributed by atoms with E-state index in [1.54, 1.807) is 18.1 Å². The van der Waals surface area contributed by atoms with Crippen LogP contribution in [0.25, 0.3) is 0 Å². The number of fused-ring (bicyclic) bond motifs is 2. The number of carbonyl (C=O) groups excluding carboxylic acids is 1.